The van der Waals surface area contributed by atoms with Gasteiger partial charge >= 0.3 is 5.97 Å². The van der Waals surface area contributed by atoms with Crippen LogP contribution in [-0.2, 0) is 19.6 Å². The number of aryl methyl sites for hydroxylation is 1. The summed E-state index contributed by atoms with van der Waals surface area (Å²) in [5.74, 6) is 6.26. The molecule has 0 spiro atoms. The highest BCUT2D eigenvalue weighted by molar-refractivity contribution is 7.93. The highest BCUT2D eigenvalue weighted by Gasteiger charge is 2.37. The van der Waals surface area contributed by atoms with Crippen molar-refractivity contribution in [3.63, 3.8) is 0 Å². The number of non-ortho nitro benzene ring substituents is 1. The van der Waals surface area contributed by atoms with Crippen LogP contribution < -0.4 is 15.9 Å². The van der Waals surface area contributed by atoms with Crippen LogP contribution in [0, 0.1) is 41.7 Å². The molecule has 0 bridgehead atoms. The van der Waals surface area contributed by atoms with Gasteiger partial charge in [0.2, 0.25) is 0 Å². The standard InChI is InChI=1S/C23H34N6O6S/c1-13(2)18-8-6-14(3)10-20(18)35-22(30)12-27(23-15(4)28(25)16(5)26-23)36(33,34)21-11-17(29(31)32)7-9-19(21)24/h7,9,11,13-14,18,20H,6,8,10,12,24-25H2,1-5H3/t14-,18-,20+/m1/s1. The Bertz CT molecular complexity index is 1260. The Morgan fingerprint density at radius 3 is 2.56 bits per heavy atom. The molecule has 1 aliphatic carbocycles. The Labute approximate surface area is 210 Å². The fourth-order valence-electron chi connectivity index (χ4n) is 4.70. The minimum atomic E-state index is -4.57. The molecule has 2 aromatic rings. The fraction of sp³-hybridized carbons (Fsp3) is 0.565. The first kappa shape index (κ1) is 27.2. The largest absolute Gasteiger partial charge is 0.461 e. The van der Waals surface area contributed by atoms with Crippen molar-refractivity contribution in [1.82, 2.24) is 9.66 Å². The Morgan fingerprint density at radius 1 is 1.33 bits per heavy atom. The van der Waals surface area contributed by atoms with Gasteiger partial charge in [-0.2, -0.15) is 0 Å². The Hall–Kier alpha value is -3.35. The molecule has 3 atom stereocenters. The van der Waals surface area contributed by atoms with Gasteiger partial charge in [0.05, 0.1) is 16.3 Å². The zero-order chi connectivity index (χ0) is 26.9. The second-order valence-electron chi connectivity index (χ2n) is 9.78. The highest BCUT2D eigenvalue weighted by Crippen LogP contribution is 2.36. The van der Waals surface area contributed by atoms with Crippen LogP contribution in [0.15, 0.2) is 23.1 Å². The van der Waals surface area contributed by atoms with Gasteiger partial charge in [-0.05, 0) is 50.5 Å². The minimum absolute atomic E-state index is 0.0877. The molecule has 0 aliphatic heterocycles. The van der Waals surface area contributed by atoms with E-state index in [0.29, 0.717) is 18.2 Å². The molecule has 0 unspecified atom stereocenters. The number of esters is 1. The summed E-state index contributed by atoms with van der Waals surface area (Å²) in [6.45, 7) is 8.68. The van der Waals surface area contributed by atoms with Crippen molar-refractivity contribution in [2.45, 2.75) is 64.9 Å². The van der Waals surface area contributed by atoms with E-state index in [-0.39, 0.29) is 35.1 Å². The van der Waals surface area contributed by atoms with Gasteiger partial charge in [0, 0.05) is 12.1 Å². The Morgan fingerprint density at radius 2 is 2.00 bits per heavy atom. The van der Waals surface area contributed by atoms with Crippen molar-refractivity contribution < 1.29 is 22.9 Å². The van der Waals surface area contributed by atoms with E-state index in [2.05, 4.69) is 25.8 Å². The molecule has 1 aromatic carbocycles. The van der Waals surface area contributed by atoms with Crippen LogP contribution in [0.1, 0.15) is 51.6 Å². The molecule has 0 amide bonds. The monoisotopic (exact) mass is 522 g/mol. The van der Waals surface area contributed by atoms with Crippen molar-refractivity contribution >= 4 is 33.2 Å². The molecule has 0 radical (unpaired) electrons. The van der Waals surface area contributed by atoms with E-state index in [9.17, 15) is 23.3 Å². The predicted molar refractivity (Wildman–Crippen MR) is 135 cm³/mol. The first-order chi connectivity index (χ1) is 16.7. The zero-order valence-electron chi connectivity index (χ0n) is 21.2. The normalized spacial score (nSPS) is 20.3. The first-order valence-electron chi connectivity index (χ1n) is 11.8. The Kier molecular flexibility index (Phi) is 7.82. The number of carbonyl (C=O) groups is 1. The second kappa shape index (κ2) is 10.3. The van der Waals surface area contributed by atoms with E-state index < -0.39 is 38.0 Å². The summed E-state index contributed by atoms with van der Waals surface area (Å²) in [5, 5.41) is 11.3. The third kappa shape index (κ3) is 5.40. The molecule has 1 aromatic heterocycles. The number of hydrogen-bond acceptors (Lipinski definition) is 9. The van der Waals surface area contributed by atoms with Crippen LogP contribution in [0.2, 0.25) is 0 Å². The summed E-state index contributed by atoms with van der Waals surface area (Å²) < 4.78 is 35.3. The number of nitro groups is 1. The van der Waals surface area contributed by atoms with Crippen molar-refractivity contribution in [3.8, 4) is 0 Å². The summed E-state index contributed by atoms with van der Waals surface area (Å²) in [6.07, 6.45) is 2.30. The molecule has 12 nitrogen and oxygen atoms in total. The molecule has 1 aliphatic rings. The van der Waals surface area contributed by atoms with Gasteiger partial charge in [0.25, 0.3) is 15.7 Å². The SMILES string of the molecule is Cc1nc(N(CC(=O)O[C@H]2C[C@H](C)CC[C@@H]2C(C)C)S(=O)(=O)c2cc([N+](=O)[O-])ccc2N)c(C)n1N. The number of hydrogen-bond donors (Lipinski definition) is 2. The molecule has 3 rings (SSSR count). The van der Waals surface area contributed by atoms with E-state index in [1.807, 2.05) is 0 Å². The number of sulfonamides is 1. The number of ether oxygens (including phenoxy) is 1. The lowest BCUT2D eigenvalue weighted by atomic mass is 9.75. The van der Waals surface area contributed by atoms with Gasteiger partial charge in [-0.25, -0.2) is 22.4 Å². The molecule has 1 fully saturated rings. The van der Waals surface area contributed by atoms with E-state index in [0.717, 1.165) is 35.3 Å². The van der Waals surface area contributed by atoms with Crippen LogP contribution in [0.5, 0.6) is 0 Å². The molecule has 4 N–H and O–H groups in total. The topological polar surface area (TPSA) is 177 Å². The van der Waals surface area contributed by atoms with Gasteiger partial charge in [-0.3, -0.25) is 14.9 Å². The van der Waals surface area contributed by atoms with Crippen LogP contribution >= 0.6 is 0 Å². The van der Waals surface area contributed by atoms with Crippen molar-refractivity contribution in [2.24, 2.45) is 17.8 Å². The molecule has 13 heteroatoms. The number of benzene rings is 1. The minimum Gasteiger partial charge on any atom is -0.461 e. The summed E-state index contributed by atoms with van der Waals surface area (Å²) in [4.78, 5) is 27.5. The number of imidazole rings is 1. The Balaban J connectivity index is 2.02. The van der Waals surface area contributed by atoms with Gasteiger partial charge < -0.3 is 16.3 Å². The van der Waals surface area contributed by atoms with Crippen LogP contribution in [-0.4, -0.2) is 41.6 Å². The second-order valence-corrected chi connectivity index (χ2v) is 11.6. The molecular weight excluding hydrogens is 488 g/mol. The number of nitro benzene ring substituents is 1. The molecule has 36 heavy (non-hydrogen) atoms. The lowest BCUT2D eigenvalue weighted by Crippen LogP contribution is -2.41. The number of anilines is 2. The number of carbonyl (C=O) groups excluding carboxylic acids is 1. The predicted octanol–water partition coefficient (Wildman–Crippen LogP) is 2.90. The molecule has 1 heterocycles. The lowest BCUT2D eigenvalue weighted by molar-refractivity contribution is -0.385. The average Bonchev–Trinajstić information content (AvgIpc) is 3.04. The number of nitrogen functional groups attached to an aromatic ring is 2. The van der Waals surface area contributed by atoms with E-state index in [1.54, 1.807) is 13.8 Å². The molecule has 1 saturated carbocycles. The van der Waals surface area contributed by atoms with Crippen molar-refractivity contribution in [3.05, 3.63) is 39.8 Å². The van der Waals surface area contributed by atoms with Crippen LogP contribution in [0.3, 0.4) is 0 Å². The van der Waals surface area contributed by atoms with Crippen LogP contribution in [0.25, 0.3) is 0 Å². The number of nitrogens with two attached hydrogens (primary N) is 2. The lowest BCUT2D eigenvalue weighted by Gasteiger charge is -2.37. The molecule has 198 valence electrons. The van der Waals surface area contributed by atoms with Gasteiger partial charge in [-0.1, -0.05) is 27.2 Å². The molecule has 0 saturated heterocycles. The smallest absolute Gasteiger partial charge is 0.327 e. The maximum Gasteiger partial charge on any atom is 0.327 e. The van der Waals surface area contributed by atoms with Gasteiger partial charge in [-0.15, -0.1) is 0 Å². The quantitative estimate of drug-likeness (QED) is 0.173. The fourth-order valence-corrected chi connectivity index (χ4v) is 6.25. The molecular formula is C23H34N6O6S. The number of nitrogens with zero attached hydrogens (tertiary/aromatic N) is 4. The summed E-state index contributed by atoms with van der Waals surface area (Å²) >= 11 is 0. The average molecular weight is 523 g/mol. The van der Waals surface area contributed by atoms with E-state index in [1.165, 1.54) is 4.68 Å². The summed E-state index contributed by atoms with van der Waals surface area (Å²) in [5.41, 5.74) is 5.53. The van der Waals surface area contributed by atoms with Crippen LogP contribution in [0.4, 0.5) is 17.2 Å². The maximum absolute atomic E-state index is 13.8. The first-order valence-corrected chi connectivity index (χ1v) is 13.2. The zero-order valence-corrected chi connectivity index (χ0v) is 22.0. The van der Waals surface area contributed by atoms with Gasteiger partial charge in [0.15, 0.2) is 5.82 Å². The van der Waals surface area contributed by atoms with E-state index in [4.69, 9.17) is 16.3 Å². The van der Waals surface area contributed by atoms with Gasteiger partial charge in [0.1, 0.15) is 23.4 Å². The third-order valence-electron chi connectivity index (χ3n) is 6.83. The number of aromatic nitrogens is 2. The third-order valence-corrected chi connectivity index (χ3v) is 8.62. The summed E-state index contributed by atoms with van der Waals surface area (Å²) in [6, 6.07) is 3.10. The van der Waals surface area contributed by atoms with E-state index >= 15 is 0 Å². The number of rotatable bonds is 8. The highest BCUT2D eigenvalue weighted by atomic mass is 32.2. The summed E-state index contributed by atoms with van der Waals surface area (Å²) in [7, 11) is -4.57. The van der Waals surface area contributed by atoms with Crippen molar-refractivity contribution in [2.75, 3.05) is 22.4 Å². The maximum atomic E-state index is 13.8. The van der Waals surface area contributed by atoms with Crippen molar-refractivity contribution in [1.29, 1.82) is 0 Å².